The lowest BCUT2D eigenvalue weighted by molar-refractivity contribution is 0.407. The van der Waals surface area contributed by atoms with Gasteiger partial charge in [-0.25, -0.2) is 4.98 Å². The number of hydrogen-bond donors (Lipinski definition) is 1. The van der Waals surface area contributed by atoms with Crippen molar-refractivity contribution in [3.63, 3.8) is 0 Å². The molecule has 0 radical (unpaired) electrons. The topological polar surface area (TPSA) is 52.0 Å². The van der Waals surface area contributed by atoms with Crippen LogP contribution in [0.25, 0.3) is 0 Å². The molecule has 1 saturated carbocycles. The molecule has 1 saturated heterocycles. The van der Waals surface area contributed by atoms with Gasteiger partial charge in [0.05, 0.1) is 11.3 Å². The zero-order chi connectivity index (χ0) is 13.9. The van der Waals surface area contributed by atoms with Gasteiger partial charge in [0, 0.05) is 19.1 Å². The van der Waals surface area contributed by atoms with Crippen LogP contribution in [0.3, 0.4) is 0 Å². The first-order valence-electron chi connectivity index (χ1n) is 7.62. The minimum Gasteiger partial charge on any atom is -0.356 e. The average Bonchev–Trinajstić information content (AvgIpc) is 3.30. The van der Waals surface area contributed by atoms with Crippen LogP contribution in [0.4, 0.5) is 5.82 Å². The molecule has 1 aliphatic carbocycles. The third-order valence-corrected chi connectivity index (χ3v) is 4.40. The van der Waals surface area contributed by atoms with Crippen LogP contribution in [0.1, 0.15) is 36.9 Å². The average molecular weight is 270 g/mol. The van der Waals surface area contributed by atoms with Crippen molar-refractivity contribution < 1.29 is 0 Å². The van der Waals surface area contributed by atoms with Gasteiger partial charge in [0.2, 0.25) is 0 Å². The maximum absolute atomic E-state index is 8.95. The molecule has 106 valence electrons. The Kier molecular flexibility index (Phi) is 3.88. The van der Waals surface area contributed by atoms with E-state index in [2.05, 4.69) is 21.3 Å². The summed E-state index contributed by atoms with van der Waals surface area (Å²) in [6, 6.07) is 6.71. The second-order valence-corrected chi connectivity index (χ2v) is 6.03. The van der Waals surface area contributed by atoms with Gasteiger partial charge < -0.3 is 10.2 Å². The summed E-state index contributed by atoms with van der Waals surface area (Å²) in [4.78, 5) is 6.90. The molecule has 4 nitrogen and oxygen atoms in total. The van der Waals surface area contributed by atoms with Crippen molar-refractivity contribution in [2.24, 2.45) is 5.92 Å². The van der Waals surface area contributed by atoms with E-state index >= 15 is 0 Å². The summed E-state index contributed by atoms with van der Waals surface area (Å²) >= 11 is 0. The molecule has 2 heterocycles. The molecule has 2 aliphatic rings. The molecule has 0 aromatic carbocycles. The van der Waals surface area contributed by atoms with Crippen LogP contribution in [0.5, 0.6) is 0 Å². The number of nitrogens with one attached hydrogen (secondary N) is 1. The molecular weight excluding hydrogens is 248 g/mol. The minimum absolute atomic E-state index is 0.673. The lowest BCUT2D eigenvalue weighted by atomic mass is 10.0. The molecule has 0 atom stereocenters. The Morgan fingerprint density at radius 2 is 2.05 bits per heavy atom. The maximum Gasteiger partial charge on any atom is 0.128 e. The second-order valence-electron chi connectivity index (χ2n) is 6.03. The molecule has 0 unspecified atom stereocenters. The Hall–Kier alpha value is -1.60. The van der Waals surface area contributed by atoms with Gasteiger partial charge in [0.25, 0.3) is 0 Å². The highest BCUT2D eigenvalue weighted by Crippen LogP contribution is 2.28. The van der Waals surface area contributed by atoms with Crippen LogP contribution in [-0.2, 0) is 0 Å². The predicted octanol–water partition coefficient (Wildman–Crippen LogP) is 2.23. The minimum atomic E-state index is 0.673. The SMILES string of the molecule is Cc1nc(N2CCC(NCC3CC3)CC2)ccc1C#N. The predicted molar refractivity (Wildman–Crippen MR) is 79.7 cm³/mol. The van der Waals surface area contributed by atoms with Crippen molar-refractivity contribution in [2.45, 2.75) is 38.6 Å². The molecule has 0 spiro atoms. The van der Waals surface area contributed by atoms with Crippen LogP contribution >= 0.6 is 0 Å². The van der Waals surface area contributed by atoms with Crippen molar-refractivity contribution in [1.82, 2.24) is 10.3 Å². The van der Waals surface area contributed by atoms with Gasteiger partial charge in [-0.1, -0.05) is 0 Å². The van der Waals surface area contributed by atoms with Crippen LogP contribution in [0, 0.1) is 24.2 Å². The van der Waals surface area contributed by atoms with Crippen molar-refractivity contribution in [3.05, 3.63) is 23.4 Å². The fourth-order valence-corrected chi connectivity index (χ4v) is 2.81. The van der Waals surface area contributed by atoms with Gasteiger partial charge in [0.1, 0.15) is 11.9 Å². The number of pyridine rings is 1. The molecule has 20 heavy (non-hydrogen) atoms. The highest BCUT2D eigenvalue weighted by molar-refractivity contribution is 5.45. The van der Waals surface area contributed by atoms with Crippen LogP contribution in [0.2, 0.25) is 0 Å². The zero-order valence-corrected chi connectivity index (χ0v) is 12.1. The van der Waals surface area contributed by atoms with E-state index in [1.807, 2.05) is 19.1 Å². The summed E-state index contributed by atoms with van der Waals surface area (Å²) < 4.78 is 0. The number of rotatable bonds is 4. The summed E-state index contributed by atoms with van der Waals surface area (Å²) in [5.41, 5.74) is 1.51. The molecule has 4 heteroatoms. The van der Waals surface area contributed by atoms with E-state index < -0.39 is 0 Å². The van der Waals surface area contributed by atoms with Crippen molar-refractivity contribution >= 4 is 5.82 Å². The summed E-state index contributed by atoms with van der Waals surface area (Å²) in [5, 5.41) is 12.6. The van der Waals surface area contributed by atoms with Gasteiger partial charge >= 0.3 is 0 Å². The van der Waals surface area contributed by atoms with E-state index in [0.717, 1.165) is 30.5 Å². The van der Waals surface area contributed by atoms with E-state index in [0.29, 0.717) is 11.6 Å². The number of aromatic nitrogens is 1. The Morgan fingerprint density at radius 1 is 1.30 bits per heavy atom. The first kappa shape index (κ1) is 13.4. The normalized spacial score (nSPS) is 19.9. The largest absolute Gasteiger partial charge is 0.356 e. The zero-order valence-electron chi connectivity index (χ0n) is 12.1. The molecule has 2 fully saturated rings. The quantitative estimate of drug-likeness (QED) is 0.911. The standard InChI is InChI=1S/C16H22N4/c1-12-14(10-17)4-5-16(19-12)20-8-6-15(7-9-20)18-11-13-2-3-13/h4-5,13,15,18H,2-3,6-9,11H2,1H3. The number of nitriles is 1. The molecule has 1 N–H and O–H groups in total. The van der Waals surface area contributed by atoms with Crippen molar-refractivity contribution in [2.75, 3.05) is 24.5 Å². The van der Waals surface area contributed by atoms with Gasteiger partial charge in [-0.3, -0.25) is 0 Å². The molecular formula is C16H22N4. The first-order chi connectivity index (χ1) is 9.76. The third-order valence-electron chi connectivity index (χ3n) is 4.40. The summed E-state index contributed by atoms with van der Waals surface area (Å²) in [6.07, 6.45) is 5.21. The molecule has 1 aromatic rings. The third kappa shape index (κ3) is 3.10. The highest BCUT2D eigenvalue weighted by Gasteiger charge is 2.24. The van der Waals surface area contributed by atoms with Crippen molar-refractivity contribution in [3.8, 4) is 6.07 Å². The number of hydrogen-bond acceptors (Lipinski definition) is 4. The summed E-state index contributed by atoms with van der Waals surface area (Å²) in [6.45, 7) is 5.23. The Bertz CT molecular complexity index is 508. The summed E-state index contributed by atoms with van der Waals surface area (Å²) in [7, 11) is 0. The Labute approximate surface area is 120 Å². The Morgan fingerprint density at radius 3 is 2.65 bits per heavy atom. The smallest absolute Gasteiger partial charge is 0.128 e. The van der Waals surface area contributed by atoms with E-state index in [4.69, 9.17) is 5.26 Å². The monoisotopic (exact) mass is 270 g/mol. The van der Waals surface area contributed by atoms with E-state index in [-0.39, 0.29) is 0 Å². The molecule has 1 aliphatic heterocycles. The van der Waals surface area contributed by atoms with Gasteiger partial charge in [-0.05, 0) is 57.2 Å². The van der Waals surface area contributed by atoms with E-state index in [1.54, 1.807) is 0 Å². The van der Waals surface area contributed by atoms with Gasteiger partial charge in [-0.2, -0.15) is 5.26 Å². The van der Waals surface area contributed by atoms with E-state index in [9.17, 15) is 0 Å². The van der Waals surface area contributed by atoms with Crippen LogP contribution < -0.4 is 10.2 Å². The lowest BCUT2D eigenvalue weighted by Gasteiger charge is -2.33. The van der Waals surface area contributed by atoms with Crippen LogP contribution in [-0.4, -0.2) is 30.7 Å². The number of nitrogens with zero attached hydrogens (tertiary/aromatic N) is 3. The number of piperidine rings is 1. The number of aryl methyl sites for hydroxylation is 1. The first-order valence-corrected chi connectivity index (χ1v) is 7.62. The molecule has 1 aromatic heterocycles. The van der Waals surface area contributed by atoms with Crippen LogP contribution in [0.15, 0.2) is 12.1 Å². The highest BCUT2D eigenvalue weighted by atomic mass is 15.2. The second kappa shape index (κ2) is 5.80. The van der Waals surface area contributed by atoms with E-state index in [1.165, 1.54) is 32.2 Å². The lowest BCUT2D eigenvalue weighted by Crippen LogP contribution is -2.43. The maximum atomic E-state index is 8.95. The molecule has 3 rings (SSSR count). The summed E-state index contributed by atoms with van der Waals surface area (Å²) in [5.74, 6) is 1.97. The molecule has 0 amide bonds. The number of anilines is 1. The van der Waals surface area contributed by atoms with Gasteiger partial charge in [-0.15, -0.1) is 0 Å². The fraction of sp³-hybridized carbons (Fsp3) is 0.625. The fourth-order valence-electron chi connectivity index (χ4n) is 2.81. The van der Waals surface area contributed by atoms with Crippen molar-refractivity contribution in [1.29, 1.82) is 5.26 Å². The molecule has 0 bridgehead atoms. The Balaban J connectivity index is 1.54. The van der Waals surface area contributed by atoms with Gasteiger partial charge in [0.15, 0.2) is 0 Å².